The average molecular weight is 395 g/mol. The molecule has 5 rings (SSSR count). The lowest BCUT2D eigenvalue weighted by Crippen LogP contribution is -2.53. The average Bonchev–Trinajstić information content (AvgIpc) is 3.12. The van der Waals surface area contributed by atoms with E-state index < -0.39 is 0 Å². The lowest BCUT2D eigenvalue weighted by Gasteiger charge is -2.41. The fourth-order valence-corrected chi connectivity index (χ4v) is 5.63. The van der Waals surface area contributed by atoms with Crippen LogP contribution in [0.3, 0.4) is 0 Å². The predicted octanol–water partition coefficient (Wildman–Crippen LogP) is 3.34. The maximum absolute atomic E-state index is 13.0. The number of amides is 1. The van der Waals surface area contributed by atoms with Crippen molar-refractivity contribution in [1.82, 2.24) is 20.1 Å². The quantitative estimate of drug-likeness (QED) is 0.840. The number of nitrogens with zero attached hydrogens (tertiary/aromatic N) is 2. The molecule has 156 valence electrons. The second kappa shape index (κ2) is 8.11. The number of likely N-dealkylation sites (tertiary alicyclic amines) is 2. The van der Waals surface area contributed by atoms with Gasteiger partial charge in [0.05, 0.1) is 0 Å². The van der Waals surface area contributed by atoms with Gasteiger partial charge in [0.1, 0.15) is 0 Å². The van der Waals surface area contributed by atoms with E-state index >= 15 is 0 Å². The van der Waals surface area contributed by atoms with Crippen LogP contribution in [-0.2, 0) is 12.8 Å². The molecular weight excluding hydrogens is 360 g/mol. The van der Waals surface area contributed by atoms with E-state index in [0.29, 0.717) is 6.04 Å². The van der Waals surface area contributed by atoms with Gasteiger partial charge in [0.25, 0.3) is 5.91 Å². The maximum atomic E-state index is 13.0. The minimum Gasteiger partial charge on any atom is -0.358 e. The lowest BCUT2D eigenvalue weighted by molar-refractivity contribution is 0.0766. The van der Waals surface area contributed by atoms with Gasteiger partial charge in [-0.3, -0.25) is 9.69 Å². The molecule has 0 saturated carbocycles. The smallest absolute Gasteiger partial charge is 0.251 e. The van der Waals surface area contributed by atoms with E-state index in [-0.39, 0.29) is 11.9 Å². The van der Waals surface area contributed by atoms with Crippen molar-refractivity contribution >= 4 is 16.8 Å². The number of carbonyl (C=O) groups is 1. The van der Waals surface area contributed by atoms with Gasteiger partial charge in [0, 0.05) is 40.8 Å². The number of H-pyrrole nitrogens is 1. The zero-order valence-corrected chi connectivity index (χ0v) is 17.7. The van der Waals surface area contributed by atoms with Gasteiger partial charge in [-0.1, -0.05) is 0 Å². The van der Waals surface area contributed by atoms with E-state index in [1.54, 1.807) is 0 Å². The summed E-state index contributed by atoms with van der Waals surface area (Å²) in [6.45, 7) is 4.57. The Morgan fingerprint density at radius 1 is 1.07 bits per heavy atom. The molecule has 5 heteroatoms. The molecule has 2 fully saturated rings. The predicted molar refractivity (Wildman–Crippen MR) is 118 cm³/mol. The zero-order valence-electron chi connectivity index (χ0n) is 17.7. The van der Waals surface area contributed by atoms with E-state index in [1.165, 1.54) is 73.9 Å². The number of benzene rings is 1. The fourth-order valence-electron chi connectivity index (χ4n) is 5.63. The number of fused-ring (bicyclic) bond motifs is 3. The van der Waals surface area contributed by atoms with Gasteiger partial charge in [0.15, 0.2) is 0 Å². The number of piperidine rings is 2. The monoisotopic (exact) mass is 394 g/mol. The highest BCUT2D eigenvalue weighted by atomic mass is 16.1. The highest BCUT2D eigenvalue weighted by molar-refractivity contribution is 5.99. The Labute approximate surface area is 173 Å². The van der Waals surface area contributed by atoms with E-state index in [0.717, 1.165) is 31.4 Å². The Morgan fingerprint density at radius 3 is 2.76 bits per heavy atom. The molecule has 5 nitrogen and oxygen atoms in total. The molecular formula is C24H34N4O. The third kappa shape index (κ3) is 3.95. The molecule has 2 N–H and O–H groups in total. The Hall–Kier alpha value is -1.85. The SMILES string of the molecule is CN1CCC(N2CCCC(NC(=O)c3ccc4[nH]c5c(c4c3)CCCC5)C2)CC1. The second-order valence-corrected chi connectivity index (χ2v) is 9.39. The number of aromatic amines is 1. The van der Waals surface area contributed by atoms with Crippen LogP contribution in [0.25, 0.3) is 10.9 Å². The summed E-state index contributed by atoms with van der Waals surface area (Å²) in [6.07, 6.45) is 9.58. The first-order valence-electron chi connectivity index (χ1n) is 11.5. The third-order valence-electron chi connectivity index (χ3n) is 7.35. The van der Waals surface area contributed by atoms with Crippen molar-refractivity contribution in [1.29, 1.82) is 0 Å². The van der Waals surface area contributed by atoms with Crippen molar-refractivity contribution in [3.63, 3.8) is 0 Å². The molecule has 0 bridgehead atoms. The molecule has 1 aromatic heterocycles. The van der Waals surface area contributed by atoms with Crippen LogP contribution in [0.15, 0.2) is 18.2 Å². The van der Waals surface area contributed by atoms with Gasteiger partial charge in [-0.25, -0.2) is 0 Å². The van der Waals surface area contributed by atoms with Crippen LogP contribution in [0.4, 0.5) is 0 Å². The first-order chi connectivity index (χ1) is 14.2. The summed E-state index contributed by atoms with van der Waals surface area (Å²) in [5.41, 5.74) is 4.80. The van der Waals surface area contributed by atoms with Crippen molar-refractivity contribution in [3.05, 3.63) is 35.0 Å². The van der Waals surface area contributed by atoms with Crippen molar-refractivity contribution in [2.75, 3.05) is 33.2 Å². The first kappa shape index (κ1) is 19.1. The minimum absolute atomic E-state index is 0.0906. The third-order valence-corrected chi connectivity index (χ3v) is 7.35. The molecule has 3 aliphatic rings. The van der Waals surface area contributed by atoms with Gasteiger partial charge in [0.2, 0.25) is 0 Å². The van der Waals surface area contributed by atoms with Crippen LogP contribution in [0.1, 0.15) is 60.1 Å². The number of carbonyl (C=O) groups excluding carboxylic acids is 1. The molecule has 1 unspecified atom stereocenters. The first-order valence-corrected chi connectivity index (χ1v) is 11.5. The summed E-state index contributed by atoms with van der Waals surface area (Å²) in [5, 5.41) is 4.60. The van der Waals surface area contributed by atoms with E-state index in [4.69, 9.17) is 0 Å². The molecule has 0 radical (unpaired) electrons. The van der Waals surface area contributed by atoms with Crippen LogP contribution in [0.5, 0.6) is 0 Å². The largest absolute Gasteiger partial charge is 0.358 e. The molecule has 29 heavy (non-hydrogen) atoms. The highest BCUT2D eigenvalue weighted by Crippen LogP contribution is 2.30. The molecule has 3 heterocycles. The van der Waals surface area contributed by atoms with Crippen molar-refractivity contribution in [2.45, 2.75) is 63.5 Å². The summed E-state index contributed by atoms with van der Waals surface area (Å²) in [4.78, 5) is 21.7. The Balaban J connectivity index is 1.26. The van der Waals surface area contributed by atoms with Crippen molar-refractivity contribution in [3.8, 4) is 0 Å². The molecule has 2 aromatic rings. The molecule has 2 saturated heterocycles. The molecule has 1 atom stereocenters. The summed E-state index contributed by atoms with van der Waals surface area (Å²) in [5.74, 6) is 0.0906. The fraction of sp³-hybridized carbons (Fsp3) is 0.625. The van der Waals surface area contributed by atoms with Crippen molar-refractivity contribution in [2.24, 2.45) is 0 Å². The van der Waals surface area contributed by atoms with Gasteiger partial charge in [-0.15, -0.1) is 0 Å². The van der Waals surface area contributed by atoms with Gasteiger partial charge in [-0.05, 0) is 102 Å². The van der Waals surface area contributed by atoms with Gasteiger partial charge >= 0.3 is 0 Å². The topological polar surface area (TPSA) is 51.4 Å². The number of rotatable bonds is 3. The normalized spacial score (nSPS) is 24.5. The number of aromatic nitrogens is 1. The number of hydrogen-bond donors (Lipinski definition) is 2. The molecule has 1 aliphatic carbocycles. The van der Waals surface area contributed by atoms with Crippen LogP contribution in [-0.4, -0.2) is 66.0 Å². The summed E-state index contributed by atoms with van der Waals surface area (Å²) >= 11 is 0. The Morgan fingerprint density at radius 2 is 1.90 bits per heavy atom. The number of nitrogens with one attached hydrogen (secondary N) is 2. The minimum atomic E-state index is 0.0906. The van der Waals surface area contributed by atoms with Crippen LogP contribution < -0.4 is 5.32 Å². The summed E-state index contributed by atoms with van der Waals surface area (Å²) < 4.78 is 0. The molecule has 1 amide bonds. The lowest BCUT2D eigenvalue weighted by atomic mass is 9.95. The molecule has 2 aliphatic heterocycles. The van der Waals surface area contributed by atoms with E-state index in [9.17, 15) is 4.79 Å². The summed E-state index contributed by atoms with van der Waals surface area (Å²) in [6, 6.07) is 7.15. The number of aryl methyl sites for hydroxylation is 2. The standard InChI is InChI=1S/C24H34N4O/c1-27-13-10-19(11-14-27)28-12-4-5-18(16-28)25-24(29)17-8-9-23-21(15-17)20-6-2-3-7-22(20)26-23/h8-9,15,18-19,26H,2-7,10-14,16H2,1H3,(H,25,29). The Bertz CT molecular complexity index is 880. The van der Waals surface area contributed by atoms with Crippen LogP contribution in [0, 0.1) is 0 Å². The molecule has 1 aromatic carbocycles. The van der Waals surface area contributed by atoms with Crippen LogP contribution >= 0.6 is 0 Å². The zero-order chi connectivity index (χ0) is 19.8. The number of hydrogen-bond acceptors (Lipinski definition) is 3. The maximum Gasteiger partial charge on any atom is 0.251 e. The summed E-state index contributed by atoms with van der Waals surface area (Å²) in [7, 11) is 2.22. The van der Waals surface area contributed by atoms with Gasteiger partial charge < -0.3 is 15.2 Å². The molecule has 0 spiro atoms. The van der Waals surface area contributed by atoms with E-state index in [1.807, 2.05) is 6.07 Å². The Kier molecular flexibility index (Phi) is 5.35. The van der Waals surface area contributed by atoms with Crippen molar-refractivity contribution < 1.29 is 4.79 Å². The van der Waals surface area contributed by atoms with E-state index in [2.05, 4.69) is 39.3 Å². The highest BCUT2D eigenvalue weighted by Gasteiger charge is 2.29. The second-order valence-electron chi connectivity index (χ2n) is 9.39. The van der Waals surface area contributed by atoms with Gasteiger partial charge in [-0.2, -0.15) is 0 Å². The van der Waals surface area contributed by atoms with Crippen LogP contribution in [0.2, 0.25) is 0 Å².